The summed E-state index contributed by atoms with van der Waals surface area (Å²) in [6.45, 7) is 9.58. The number of likely N-dealkylation sites (tertiary alicyclic amines) is 1. The molecule has 1 aliphatic rings. The Morgan fingerprint density at radius 2 is 2.14 bits per heavy atom. The van der Waals surface area contributed by atoms with Crippen LogP contribution < -0.4 is 5.32 Å². The monoisotopic (exact) mass is 292 g/mol. The summed E-state index contributed by atoms with van der Waals surface area (Å²) in [5.41, 5.74) is 1.53. The second-order valence-corrected chi connectivity index (χ2v) is 6.29. The predicted octanol–water partition coefficient (Wildman–Crippen LogP) is 2.21. The van der Waals surface area contributed by atoms with Crippen molar-refractivity contribution in [2.45, 2.75) is 52.5 Å². The fourth-order valence-corrected chi connectivity index (χ4v) is 3.02. The molecule has 0 saturated carbocycles. The highest BCUT2D eigenvalue weighted by atomic mass is 16.1. The van der Waals surface area contributed by atoms with Crippen LogP contribution >= 0.6 is 0 Å². The molecule has 1 aromatic heterocycles. The minimum absolute atomic E-state index is 0.0709. The molecule has 0 radical (unpaired) electrons. The number of aromatic amines is 1. The van der Waals surface area contributed by atoms with Crippen LogP contribution in [0.25, 0.3) is 0 Å². The van der Waals surface area contributed by atoms with Gasteiger partial charge in [-0.25, -0.2) is 0 Å². The number of amides is 1. The molecular weight excluding hydrogens is 264 g/mol. The van der Waals surface area contributed by atoms with E-state index in [2.05, 4.69) is 41.2 Å². The van der Waals surface area contributed by atoms with Crippen LogP contribution in [-0.4, -0.2) is 46.7 Å². The van der Waals surface area contributed by atoms with E-state index in [1.54, 1.807) is 0 Å². The van der Waals surface area contributed by atoms with Gasteiger partial charge in [0.2, 0.25) is 0 Å². The third-order valence-corrected chi connectivity index (χ3v) is 4.23. The van der Waals surface area contributed by atoms with E-state index < -0.39 is 0 Å². The fourth-order valence-electron chi connectivity index (χ4n) is 3.02. The first kappa shape index (κ1) is 16.0. The lowest BCUT2D eigenvalue weighted by Crippen LogP contribution is -2.45. The molecule has 1 amide bonds. The standard InChI is InChI=1S/C16H28N4O/c1-4-7-13-10-14(19-18-13)16(21)17-11-15(12(2)3)20-8-5-6-9-20/h10,12,15H,4-9,11H2,1-3H3,(H,17,21)(H,18,19). The van der Waals surface area contributed by atoms with Gasteiger partial charge >= 0.3 is 0 Å². The number of carbonyl (C=O) groups is 1. The average Bonchev–Trinajstić information content (AvgIpc) is 3.10. The number of nitrogens with zero attached hydrogens (tertiary/aromatic N) is 2. The summed E-state index contributed by atoms with van der Waals surface area (Å²) in [5.74, 6) is 0.469. The first-order valence-electron chi connectivity index (χ1n) is 8.18. The third-order valence-electron chi connectivity index (χ3n) is 4.23. The molecule has 1 unspecified atom stereocenters. The lowest BCUT2D eigenvalue weighted by molar-refractivity contribution is 0.0922. The van der Waals surface area contributed by atoms with Crippen LogP contribution in [0.1, 0.15) is 56.2 Å². The van der Waals surface area contributed by atoms with Gasteiger partial charge in [-0.2, -0.15) is 5.10 Å². The zero-order chi connectivity index (χ0) is 15.2. The second-order valence-electron chi connectivity index (χ2n) is 6.29. The number of hydrogen-bond donors (Lipinski definition) is 2. The Hall–Kier alpha value is -1.36. The van der Waals surface area contributed by atoms with E-state index in [1.807, 2.05) is 6.07 Å². The molecule has 1 fully saturated rings. The van der Waals surface area contributed by atoms with E-state index in [9.17, 15) is 4.79 Å². The van der Waals surface area contributed by atoms with Crippen molar-refractivity contribution in [3.63, 3.8) is 0 Å². The van der Waals surface area contributed by atoms with Gasteiger partial charge in [-0.1, -0.05) is 27.2 Å². The van der Waals surface area contributed by atoms with Gasteiger partial charge in [0.25, 0.3) is 5.91 Å². The van der Waals surface area contributed by atoms with Crippen molar-refractivity contribution in [3.05, 3.63) is 17.5 Å². The molecule has 0 aromatic carbocycles. The quantitative estimate of drug-likeness (QED) is 0.810. The highest BCUT2D eigenvalue weighted by Crippen LogP contribution is 2.17. The predicted molar refractivity (Wildman–Crippen MR) is 84.3 cm³/mol. The lowest BCUT2D eigenvalue weighted by atomic mass is 10.0. The van der Waals surface area contributed by atoms with Crippen LogP contribution in [0.3, 0.4) is 0 Å². The van der Waals surface area contributed by atoms with E-state index in [4.69, 9.17) is 0 Å². The molecule has 1 aromatic rings. The summed E-state index contributed by atoms with van der Waals surface area (Å²) in [6, 6.07) is 2.28. The molecule has 0 spiro atoms. The van der Waals surface area contributed by atoms with Gasteiger partial charge < -0.3 is 5.32 Å². The van der Waals surface area contributed by atoms with Gasteiger partial charge in [0.15, 0.2) is 0 Å². The summed E-state index contributed by atoms with van der Waals surface area (Å²) >= 11 is 0. The Morgan fingerprint density at radius 1 is 1.43 bits per heavy atom. The molecule has 1 atom stereocenters. The number of aryl methyl sites for hydroxylation is 1. The largest absolute Gasteiger partial charge is 0.349 e. The van der Waals surface area contributed by atoms with Crippen LogP contribution in [0.2, 0.25) is 0 Å². The van der Waals surface area contributed by atoms with Crippen molar-refractivity contribution in [2.75, 3.05) is 19.6 Å². The number of nitrogens with one attached hydrogen (secondary N) is 2. The molecule has 1 saturated heterocycles. The highest BCUT2D eigenvalue weighted by molar-refractivity contribution is 5.92. The molecule has 21 heavy (non-hydrogen) atoms. The number of hydrogen-bond acceptors (Lipinski definition) is 3. The Kier molecular flexibility index (Phi) is 5.79. The topological polar surface area (TPSA) is 61.0 Å². The van der Waals surface area contributed by atoms with E-state index in [0.29, 0.717) is 24.2 Å². The maximum atomic E-state index is 12.2. The molecule has 0 bridgehead atoms. The summed E-state index contributed by atoms with van der Waals surface area (Å²) in [6.07, 6.45) is 4.53. The number of carbonyl (C=O) groups excluding carboxylic acids is 1. The van der Waals surface area contributed by atoms with Gasteiger partial charge in [0.1, 0.15) is 5.69 Å². The first-order chi connectivity index (χ1) is 10.1. The van der Waals surface area contributed by atoms with E-state index in [0.717, 1.165) is 31.6 Å². The van der Waals surface area contributed by atoms with Crippen LogP contribution in [-0.2, 0) is 6.42 Å². The molecule has 2 rings (SSSR count). The van der Waals surface area contributed by atoms with Crippen molar-refractivity contribution in [2.24, 2.45) is 5.92 Å². The van der Waals surface area contributed by atoms with E-state index in [1.165, 1.54) is 12.8 Å². The molecule has 5 nitrogen and oxygen atoms in total. The van der Waals surface area contributed by atoms with E-state index in [-0.39, 0.29) is 5.91 Å². The maximum Gasteiger partial charge on any atom is 0.271 e. The zero-order valence-electron chi connectivity index (χ0n) is 13.5. The van der Waals surface area contributed by atoms with E-state index >= 15 is 0 Å². The van der Waals surface area contributed by atoms with Gasteiger partial charge in [0.05, 0.1) is 0 Å². The van der Waals surface area contributed by atoms with Crippen molar-refractivity contribution < 1.29 is 4.79 Å². The molecular formula is C16H28N4O. The summed E-state index contributed by atoms with van der Waals surface area (Å²) < 4.78 is 0. The SMILES string of the molecule is CCCc1cc(C(=O)NCC(C(C)C)N2CCCC2)n[nH]1. The van der Waals surface area contributed by atoms with Gasteiger partial charge in [-0.3, -0.25) is 14.8 Å². The van der Waals surface area contributed by atoms with Gasteiger partial charge in [-0.15, -0.1) is 0 Å². The Morgan fingerprint density at radius 3 is 2.76 bits per heavy atom. The van der Waals surface area contributed by atoms with Crippen LogP contribution in [0.5, 0.6) is 0 Å². The van der Waals surface area contributed by atoms with Crippen molar-refractivity contribution in [1.29, 1.82) is 0 Å². The number of rotatable bonds is 7. The number of H-pyrrole nitrogens is 1. The third kappa shape index (κ3) is 4.30. The van der Waals surface area contributed by atoms with Crippen LogP contribution in [0, 0.1) is 5.92 Å². The summed E-state index contributed by atoms with van der Waals surface area (Å²) in [5, 5.41) is 10.1. The van der Waals surface area contributed by atoms with Crippen molar-refractivity contribution >= 4 is 5.91 Å². The smallest absolute Gasteiger partial charge is 0.271 e. The normalized spacial score (nSPS) is 17.3. The fraction of sp³-hybridized carbons (Fsp3) is 0.750. The second kappa shape index (κ2) is 7.59. The average molecular weight is 292 g/mol. The zero-order valence-corrected chi connectivity index (χ0v) is 13.5. The molecule has 1 aliphatic heterocycles. The molecule has 5 heteroatoms. The molecule has 2 heterocycles. The molecule has 0 aliphatic carbocycles. The highest BCUT2D eigenvalue weighted by Gasteiger charge is 2.25. The Bertz CT molecular complexity index is 449. The lowest BCUT2D eigenvalue weighted by Gasteiger charge is -2.30. The number of aromatic nitrogens is 2. The minimum Gasteiger partial charge on any atom is -0.349 e. The summed E-state index contributed by atoms with van der Waals surface area (Å²) in [4.78, 5) is 14.7. The first-order valence-corrected chi connectivity index (χ1v) is 8.18. The van der Waals surface area contributed by atoms with Crippen molar-refractivity contribution in [1.82, 2.24) is 20.4 Å². The maximum absolute atomic E-state index is 12.2. The Labute approximate surface area is 127 Å². The Balaban J connectivity index is 1.88. The van der Waals surface area contributed by atoms with Gasteiger partial charge in [-0.05, 0) is 44.3 Å². The minimum atomic E-state index is -0.0709. The molecule has 2 N–H and O–H groups in total. The van der Waals surface area contributed by atoms with Crippen LogP contribution in [0.15, 0.2) is 6.07 Å². The molecule has 118 valence electrons. The van der Waals surface area contributed by atoms with Crippen LogP contribution in [0.4, 0.5) is 0 Å². The van der Waals surface area contributed by atoms with Gasteiger partial charge in [0, 0.05) is 18.3 Å². The summed E-state index contributed by atoms with van der Waals surface area (Å²) in [7, 11) is 0. The van der Waals surface area contributed by atoms with Crippen molar-refractivity contribution in [3.8, 4) is 0 Å².